The predicted molar refractivity (Wildman–Crippen MR) is 55.7 cm³/mol. The van der Waals surface area contributed by atoms with Gasteiger partial charge in [0.25, 0.3) is 0 Å². The van der Waals surface area contributed by atoms with E-state index in [4.69, 9.17) is 11.6 Å². The fourth-order valence-electron chi connectivity index (χ4n) is 0.656. The summed E-state index contributed by atoms with van der Waals surface area (Å²) < 4.78 is 0. The maximum absolute atomic E-state index is 5.48. The lowest BCUT2D eigenvalue weighted by Gasteiger charge is -2.12. The predicted octanol–water partition coefficient (Wildman–Crippen LogP) is 2.08. The molecule has 0 amide bonds. The van der Waals surface area contributed by atoms with Crippen LogP contribution in [-0.2, 0) is 0 Å². The standard InChI is InChI=1S/C8H16ClNS/c1-10(7-8-11-2)6-4-3-5-9/h3-4H,5-8H2,1-2H3/b4-3+. The van der Waals surface area contributed by atoms with Crippen LogP contribution in [0.4, 0.5) is 0 Å². The quantitative estimate of drug-likeness (QED) is 0.470. The molecule has 0 aliphatic heterocycles. The summed E-state index contributed by atoms with van der Waals surface area (Å²) in [6.07, 6.45) is 6.22. The zero-order valence-corrected chi connectivity index (χ0v) is 8.79. The molecule has 0 saturated heterocycles. The summed E-state index contributed by atoms with van der Waals surface area (Å²) in [4.78, 5) is 2.28. The van der Waals surface area contributed by atoms with Crippen molar-refractivity contribution < 1.29 is 0 Å². The first-order valence-corrected chi connectivity index (χ1v) is 5.62. The lowest BCUT2D eigenvalue weighted by atomic mass is 10.5. The van der Waals surface area contributed by atoms with Crippen LogP contribution in [0, 0.1) is 0 Å². The molecule has 0 N–H and O–H groups in total. The van der Waals surface area contributed by atoms with Gasteiger partial charge in [-0.3, -0.25) is 0 Å². The van der Waals surface area contributed by atoms with Crippen molar-refractivity contribution in [2.24, 2.45) is 0 Å². The van der Waals surface area contributed by atoms with Gasteiger partial charge in [-0.1, -0.05) is 12.2 Å². The SMILES string of the molecule is CSCCN(C)C/C=C/CCl. The van der Waals surface area contributed by atoms with E-state index in [1.54, 1.807) is 0 Å². The molecule has 0 aromatic rings. The summed E-state index contributed by atoms with van der Waals surface area (Å²) in [7, 11) is 2.12. The number of allylic oxidation sites excluding steroid dienone is 1. The van der Waals surface area contributed by atoms with Crippen molar-refractivity contribution in [3.8, 4) is 0 Å². The molecule has 0 atom stereocenters. The summed E-state index contributed by atoms with van der Waals surface area (Å²) in [5.74, 6) is 1.82. The maximum Gasteiger partial charge on any atom is 0.0404 e. The van der Waals surface area contributed by atoms with Gasteiger partial charge in [-0.2, -0.15) is 11.8 Å². The van der Waals surface area contributed by atoms with Crippen molar-refractivity contribution in [3.05, 3.63) is 12.2 Å². The van der Waals surface area contributed by atoms with Gasteiger partial charge < -0.3 is 4.90 Å². The number of hydrogen-bond donors (Lipinski definition) is 0. The molecule has 11 heavy (non-hydrogen) atoms. The first kappa shape index (κ1) is 11.3. The van der Waals surface area contributed by atoms with Gasteiger partial charge in [0, 0.05) is 24.7 Å². The Morgan fingerprint density at radius 3 is 2.73 bits per heavy atom. The average Bonchev–Trinajstić information content (AvgIpc) is 2.01. The molecular formula is C8H16ClNS. The van der Waals surface area contributed by atoms with E-state index < -0.39 is 0 Å². The fourth-order valence-corrected chi connectivity index (χ4v) is 1.28. The van der Waals surface area contributed by atoms with Crippen LogP contribution in [0.3, 0.4) is 0 Å². The van der Waals surface area contributed by atoms with E-state index in [-0.39, 0.29) is 0 Å². The molecular weight excluding hydrogens is 178 g/mol. The first-order valence-electron chi connectivity index (χ1n) is 3.69. The minimum Gasteiger partial charge on any atom is -0.302 e. The largest absolute Gasteiger partial charge is 0.302 e. The molecule has 0 spiro atoms. The number of nitrogens with zero attached hydrogens (tertiary/aromatic N) is 1. The molecule has 0 saturated carbocycles. The van der Waals surface area contributed by atoms with Crippen molar-refractivity contribution in [1.82, 2.24) is 4.90 Å². The van der Waals surface area contributed by atoms with Gasteiger partial charge in [0.1, 0.15) is 0 Å². The molecule has 0 aliphatic rings. The van der Waals surface area contributed by atoms with E-state index in [9.17, 15) is 0 Å². The molecule has 0 aromatic heterocycles. The van der Waals surface area contributed by atoms with Crippen molar-refractivity contribution in [2.45, 2.75) is 0 Å². The van der Waals surface area contributed by atoms with E-state index in [0.29, 0.717) is 5.88 Å². The van der Waals surface area contributed by atoms with E-state index in [0.717, 1.165) is 13.1 Å². The lowest BCUT2D eigenvalue weighted by molar-refractivity contribution is 0.395. The lowest BCUT2D eigenvalue weighted by Crippen LogP contribution is -2.21. The zero-order chi connectivity index (χ0) is 8.53. The Balaban J connectivity index is 3.21. The van der Waals surface area contributed by atoms with Gasteiger partial charge in [-0.15, -0.1) is 11.6 Å². The summed E-state index contributed by atoms with van der Waals surface area (Å²) in [6, 6.07) is 0. The molecule has 3 heteroatoms. The molecule has 0 rings (SSSR count). The van der Waals surface area contributed by atoms with Crippen LogP contribution in [0.25, 0.3) is 0 Å². The Morgan fingerprint density at radius 1 is 1.45 bits per heavy atom. The highest BCUT2D eigenvalue weighted by atomic mass is 35.5. The third-order valence-corrected chi connectivity index (χ3v) is 2.12. The molecule has 0 radical (unpaired) electrons. The van der Waals surface area contributed by atoms with Crippen LogP contribution in [0.15, 0.2) is 12.2 Å². The topological polar surface area (TPSA) is 3.24 Å². The Hall–Kier alpha value is 0.340. The van der Waals surface area contributed by atoms with Gasteiger partial charge in [0.05, 0.1) is 0 Å². The molecule has 1 nitrogen and oxygen atoms in total. The number of likely N-dealkylation sites (N-methyl/N-ethyl adjacent to an activating group) is 1. The molecule has 0 bridgehead atoms. The molecule has 0 heterocycles. The van der Waals surface area contributed by atoms with Crippen LogP contribution in [0.5, 0.6) is 0 Å². The van der Waals surface area contributed by atoms with Crippen LogP contribution in [0.1, 0.15) is 0 Å². The summed E-state index contributed by atoms with van der Waals surface area (Å²) in [5.41, 5.74) is 0. The maximum atomic E-state index is 5.48. The average molecular weight is 194 g/mol. The van der Waals surface area contributed by atoms with Gasteiger partial charge >= 0.3 is 0 Å². The monoisotopic (exact) mass is 193 g/mol. The molecule has 0 unspecified atom stereocenters. The second kappa shape index (κ2) is 8.44. The van der Waals surface area contributed by atoms with Gasteiger partial charge in [-0.05, 0) is 13.3 Å². The van der Waals surface area contributed by atoms with Crippen LogP contribution in [-0.4, -0.2) is 42.9 Å². The highest BCUT2D eigenvalue weighted by Crippen LogP contribution is 1.93. The summed E-state index contributed by atoms with van der Waals surface area (Å²) in [6.45, 7) is 2.15. The smallest absolute Gasteiger partial charge is 0.0404 e. The van der Waals surface area contributed by atoms with Gasteiger partial charge in [0.2, 0.25) is 0 Å². The number of rotatable bonds is 6. The van der Waals surface area contributed by atoms with Crippen LogP contribution < -0.4 is 0 Å². The number of alkyl halides is 1. The van der Waals surface area contributed by atoms with Crippen molar-refractivity contribution in [3.63, 3.8) is 0 Å². The van der Waals surface area contributed by atoms with E-state index in [2.05, 4.69) is 24.3 Å². The number of halogens is 1. The molecule has 0 aliphatic carbocycles. The second-order valence-corrected chi connectivity index (χ2v) is 3.67. The van der Waals surface area contributed by atoms with E-state index in [1.807, 2.05) is 17.8 Å². The third-order valence-electron chi connectivity index (χ3n) is 1.35. The third kappa shape index (κ3) is 8.24. The van der Waals surface area contributed by atoms with E-state index in [1.165, 1.54) is 5.75 Å². The van der Waals surface area contributed by atoms with Gasteiger partial charge in [0.15, 0.2) is 0 Å². The summed E-state index contributed by atoms with van der Waals surface area (Å²) >= 11 is 7.36. The first-order chi connectivity index (χ1) is 5.31. The molecule has 0 aromatic carbocycles. The summed E-state index contributed by atoms with van der Waals surface area (Å²) in [5, 5.41) is 0. The van der Waals surface area contributed by atoms with Crippen molar-refractivity contribution in [2.75, 3.05) is 38.0 Å². The highest BCUT2D eigenvalue weighted by Gasteiger charge is 1.92. The normalized spacial score (nSPS) is 11.6. The van der Waals surface area contributed by atoms with Crippen molar-refractivity contribution in [1.29, 1.82) is 0 Å². The minimum atomic E-state index is 0.621. The Bertz CT molecular complexity index is 106. The highest BCUT2D eigenvalue weighted by molar-refractivity contribution is 7.98. The Labute approximate surface area is 78.8 Å². The Kier molecular flexibility index (Phi) is 8.70. The molecule has 66 valence electrons. The van der Waals surface area contributed by atoms with Crippen LogP contribution >= 0.6 is 23.4 Å². The zero-order valence-electron chi connectivity index (χ0n) is 7.22. The molecule has 0 fully saturated rings. The number of thioether (sulfide) groups is 1. The van der Waals surface area contributed by atoms with Crippen LogP contribution in [0.2, 0.25) is 0 Å². The van der Waals surface area contributed by atoms with Crippen molar-refractivity contribution >= 4 is 23.4 Å². The second-order valence-electron chi connectivity index (χ2n) is 2.38. The Morgan fingerprint density at radius 2 is 2.18 bits per heavy atom. The minimum absolute atomic E-state index is 0.621. The fraction of sp³-hybridized carbons (Fsp3) is 0.750. The van der Waals surface area contributed by atoms with E-state index >= 15 is 0 Å². The number of hydrogen-bond acceptors (Lipinski definition) is 2. The van der Waals surface area contributed by atoms with Gasteiger partial charge in [-0.25, -0.2) is 0 Å².